The topological polar surface area (TPSA) is 59.3 Å². The molecule has 5 nitrogen and oxygen atoms in total. The van der Waals surface area contributed by atoms with Gasteiger partial charge in [0.1, 0.15) is 11.3 Å². The second-order valence-electron chi connectivity index (χ2n) is 6.14. The molecule has 1 aromatic carbocycles. The van der Waals surface area contributed by atoms with Gasteiger partial charge in [-0.1, -0.05) is 30.7 Å². The first-order valence-corrected chi connectivity index (χ1v) is 9.81. The summed E-state index contributed by atoms with van der Waals surface area (Å²) in [4.78, 5) is 21.2. The van der Waals surface area contributed by atoms with Crippen molar-refractivity contribution in [3.8, 4) is 11.4 Å². The Morgan fingerprint density at radius 1 is 1.26 bits per heavy atom. The summed E-state index contributed by atoms with van der Waals surface area (Å²) < 4.78 is 1.96. The van der Waals surface area contributed by atoms with Crippen LogP contribution in [0.3, 0.4) is 0 Å². The van der Waals surface area contributed by atoms with Gasteiger partial charge >= 0.3 is 0 Å². The summed E-state index contributed by atoms with van der Waals surface area (Å²) in [7, 11) is 0. The highest BCUT2D eigenvalue weighted by atomic mass is 35.5. The molecule has 4 rings (SSSR count). The standard InChI is InChI=1S/C20H17ClN4OS/c1-3-17(26)13-5-4-6-15(9-13)23-20-24-16(11-27-20)19-12(2)22-18-8-7-14(21)10-25(18)19/h4-11H,3H2,1-2H3,(H,23,24). The van der Waals surface area contributed by atoms with E-state index in [1.165, 1.54) is 11.3 Å². The average Bonchev–Trinajstić information content (AvgIpc) is 3.24. The molecule has 0 aliphatic rings. The summed E-state index contributed by atoms with van der Waals surface area (Å²) in [6.45, 7) is 3.82. The molecule has 0 amide bonds. The summed E-state index contributed by atoms with van der Waals surface area (Å²) in [6.07, 6.45) is 2.33. The summed E-state index contributed by atoms with van der Waals surface area (Å²) in [5.41, 5.74) is 5.02. The molecule has 0 saturated carbocycles. The maximum atomic E-state index is 11.9. The molecule has 3 heterocycles. The first kappa shape index (κ1) is 17.7. The lowest BCUT2D eigenvalue weighted by molar-refractivity contribution is 0.0988. The van der Waals surface area contributed by atoms with Gasteiger partial charge in [-0.15, -0.1) is 11.3 Å². The van der Waals surface area contributed by atoms with Crippen LogP contribution in [0.15, 0.2) is 48.0 Å². The molecule has 0 fully saturated rings. The number of rotatable bonds is 5. The number of nitrogens with zero attached hydrogens (tertiary/aromatic N) is 3. The largest absolute Gasteiger partial charge is 0.332 e. The molecule has 136 valence electrons. The van der Waals surface area contributed by atoms with Gasteiger partial charge in [0.25, 0.3) is 0 Å². The smallest absolute Gasteiger partial charge is 0.187 e. The monoisotopic (exact) mass is 396 g/mol. The van der Waals surface area contributed by atoms with Crippen LogP contribution in [0.4, 0.5) is 10.8 Å². The van der Waals surface area contributed by atoms with Crippen LogP contribution in [0.1, 0.15) is 29.4 Å². The van der Waals surface area contributed by atoms with Gasteiger partial charge in [-0.2, -0.15) is 0 Å². The van der Waals surface area contributed by atoms with Crippen LogP contribution in [0.25, 0.3) is 17.0 Å². The first-order chi connectivity index (χ1) is 13.0. The normalized spacial score (nSPS) is 11.1. The highest BCUT2D eigenvalue weighted by Crippen LogP contribution is 2.30. The van der Waals surface area contributed by atoms with Gasteiger partial charge < -0.3 is 5.32 Å². The third kappa shape index (κ3) is 3.46. The number of fused-ring (bicyclic) bond motifs is 1. The number of aromatic nitrogens is 3. The van der Waals surface area contributed by atoms with E-state index in [-0.39, 0.29) is 5.78 Å². The highest BCUT2D eigenvalue weighted by molar-refractivity contribution is 7.14. The van der Waals surface area contributed by atoms with Crippen LogP contribution >= 0.6 is 22.9 Å². The predicted octanol–water partition coefficient (Wildman–Crippen LogP) is 5.76. The van der Waals surface area contributed by atoms with E-state index < -0.39 is 0 Å². The van der Waals surface area contributed by atoms with Crippen molar-refractivity contribution in [3.63, 3.8) is 0 Å². The molecule has 3 aromatic heterocycles. The van der Waals surface area contributed by atoms with Crippen molar-refractivity contribution in [2.24, 2.45) is 0 Å². The number of hydrogen-bond acceptors (Lipinski definition) is 5. The van der Waals surface area contributed by atoms with Crippen LogP contribution in [0.2, 0.25) is 5.02 Å². The molecule has 4 aromatic rings. The van der Waals surface area contributed by atoms with Crippen LogP contribution in [0, 0.1) is 6.92 Å². The Kier molecular flexibility index (Phi) is 4.68. The molecule has 0 bridgehead atoms. The molecule has 27 heavy (non-hydrogen) atoms. The van der Waals surface area contributed by atoms with Crippen LogP contribution < -0.4 is 5.32 Å². The lowest BCUT2D eigenvalue weighted by Gasteiger charge is -2.05. The number of aryl methyl sites for hydroxylation is 1. The Hall–Kier alpha value is -2.70. The minimum Gasteiger partial charge on any atom is -0.332 e. The van der Waals surface area contributed by atoms with Gasteiger partial charge in [-0.3, -0.25) is 9.20 Å². The Bertz CT molecular complexity index is 1150. The number of nitrogens with one attached hydrogen (secondary N) is 1. The van der Waals surface area contributed by atoms with Crippen molar-refractivity contribution in [3.05, 3.63) is 64.3 Å². The zero-order valence-electron chi connectivity index (χ0n) is 14.9. The van der Waals surface area contributed by atoms with Gasteiger partial charge in [0.05, 0.1) is 16.4 Å². The van der Waals surface area contributed by atoms with E-state index in [9.17, 15) is 4.79 Å². The minimum atomic E-state index is 0.122. The quantitative estimate of drug-likeness (QED) is 0.436. The van der Waals surface area contributed by atoms with E-state index in [1.807, 2.05) is 66.2 Å². The lowest BCUT2D eigenvalue weighted by atomic mass is 10.1. The minimum absolute atomic E-state index is 0.122. The molecule has 0 unspecified atom stereocenters. The van der Waals surface area contributed by atoms with E-state index in [0.717, 1.165) is 33.5 Å². The number of benzene rings is 1. The van der Waals surface area contributed by atoms with Gasteiger partial charge in [0.2, 0.25) is 0 Å². The van der Waals surface area contributed by atoms with E-state index in [4.69, 9.17) is 16.6 Å². The number of carbonyl (C=O) groups excluding carboxylic acids is 1. The number of thiazole rings is 1. The van der Waals surface area contributed by atoms with E-state index in [1.54, 1.807) is 0 Å². The molecule has 0 aliphatic heterocycles. The van der Waals surface area contributed by atoms with E-state index >= 15 is 0 Å². The summed E-state index contributed by atoms with van der Waals surface area (Å²) >= 11 is 7.65. The molecule has 0 saturated heterocycles. The molecule has 0 atom stereocenters. The zero-order chi connectivity index (χ0) is 19.0. The molecule has 7 heteroatoms. The fourth-order valence-electron chi connectivity index (χ4n) is 2.98. The van der Waals surface area contributed by atoms with Gasteiger partial charge in [0, 0.05) is 29.2 Å². The second-order valence-corrected chi connectivity index (χ2v) is 7.44. The van der Waals surface area contributed by atoms with Crippen molar-refractivity contribution in [1.29, 1.82) is 0 Å². The van der Waals surface area contributed by atoms with Gasteiger partial charge in [0.15, 0.2) is 10.9 Å². The van der Waals surface area contributed by atoms with Crippen molar-refractivity contribution >= 4 is 45.2 Å². The van der Waals surface area contributed by atoms with Crippen molar-refractivity contribution in [1.82, 2.24) is 14.4 Å². The molecular formula is C20H17ClN4OS. The Balaban J connectivity index is 1.66. The average molecular weight is 397 g/mol. The lowest BCUT2D eigenvalue weighted by Crippen LogP contribution is -1.98. The maximum Gasteiger partial charge on any atom is 0.187 e. The van der Waals surface area contributed by atoms with E-state index in [0.29, 0.717) is 17.0 Å². The summed E-state index contributed by atoms with van der Waals surface area (Å²) in [6, 6.07) is 11.2. The molecule has 1 N–H and O–H groups in total. The van der Waals surface area contributed by atoms with Crippen molar-refractivity contribution in [2.45, 2.75) is 20.3 Å². The number of ketones is 1. The number of Topliss-reactive ketones (excluding diaryl/α,β-unsaturated/α-hetero) is 1. The second kappa shape index (κ2) is 7.13. The SMILES string of the molecule is CCC(=O)c1cccc(Nc2nc(-c3c(C)nc4ccc(Cl)cn34)cs2)c1. The number of carbonyl (C=O) groups is 1. The molecule has 0 aliphatic carbocycles. The summed E-state index contributed by atoms with van der Waals surface area (Å²) in [5, 5.41) is 6.67. The summed E-state index contributed by atoms with van der Waals surface area (Å²) in [5.74, 6) is 0.122. The Labute approximate surface area is 165 Å². The Morgan fingerprint density at radius 2 is 2.11 bits per heavy atom. The van der Waals surface area contributed by atoms with Gasteiger partial charge in [-0.25, -0.2) is 9.97 Å². The van der Waals surface area contributed by atoms with Crippen molar-refractivity contribution in [2.75, 3.05) is 5.32 Å². The molecule has 0 radical (unpaired) electrons. The highest BCUT2D eigenvalue weighted by Gasteiger charge is 2.15. The van der Waals surface area contributed by atoms with Gasteiger partial charge in [-0.05, 0) is 31.2 Å². The van der Waals surface area contributed by atoms with Crippen LogP contribution in [-0.2, 0) is 0 Å². The Morgan fingerprint density at radius 3 is 2.93 bits per heavy atom. The van der Waals surface area contributed by atoms with Crippen LogP contribution in [0.5, 0.6) is 0 Å². The number of pyridine rings is 1. The fourth-order valence-corrected chi connectivity index (χ4v) is 3.86. The van der Waals surface area contributed by atoms with E-state index in [2.05, 4.69) is 10.3 Å². The predicted molar refractivity (Wildman–Crippen MR) is 110 cm³/mol. The maximum absolute atomic E-state index is 11.9. The first-order valence-electron chi connectivity index (χ1n) is 8.55. The number of imidazole rings is 1. The number of anilines is 2. The molecule has 0 spiro atoms. The zero-order valence-corrected chi connectivity index (χ0v) is 16.4. The molecular weight excluding hydrogens is 380 g/mol. The van der Waals surface area contributed by atoms with Crippen LogP contribution in [-0.4, -0.2) is 20.2 Å². The third-order valence-corrected chi connectivity index (χ3v) is 5.24. The number of halogens is 1. The number of hydrogen-bond donors (Lipinski definition) is 1. The third-order valence-electron chi connectivity index (χ3n) is 4.26. The van der Waals surface area contributed by atoms with Crippen molar-refractivity contribution < 1.29 is 4.79 Å². The fraction of sp³-hybridized carbons (Fsp3) is 0.150.